The fraction of sp³-hybridized carbons (Fsp3) is 0.0909. The van der Waals surface area contributed by atoms with Crippen molar-refractivity contribution in [3.8, 4) is 5.75 Å². The predicted octanol–water partition coefficient (Wildman–Crippen LogP) is 1.65. The molecule has 0 spiro atoms. The molecule has 0 aliphatic rings. The van der Waals surface area contributed by atoms with Crippen molar-refractivity contribution in [2.45, 2.75) is 0 Å². The molecule has 0 aliphatic carbocycles. The minimum absolute atomic E-state index is 0.352. The fourth-order valence-electron chi connectivity index (χ4n) is 1.31. The second-order valence-corrected chi connectivity index (χ2v) is 4.36. The highest BCUT2D eigenvalue weighted by Crippen LogP contribution is 2.18. The van der Waals surface area contributed by atoms with Gasteiger partial charge in [0.05, 0.1) is 6.20 Å². The number of urea groups is 1. The lowest BCUT2D eigenvalue weighted by atomic mass is 10.3. The molecule has 104 valence electrons. The predicted molar refractivity (Wildman–Crippen MR) is 72.1 cm³/mol. The Bertz CT molecular complexity index is 602. The van der Waals surface area contributed by atoms with Crippen LogP contribution in [0.15, 0.2) is 30.5 Å². The van der Waals surface area contributed by atoms with E-state index < -0.39 is 18.6 Å². The summed E-state index contributed by atoms with van der Waals surface area (Å²) in [6.45, 7) is -0.442. The van der Waals surface area contributed by atoms with Crippen LogP contribution in [0, 0.1) is 0 Å². The van der Waals surface area contributed by atoms with Crippen LogP contribution in [0.4, 0.5) is 15.5 Å². The number of ether oxygens (including phenoxy) is 1. The zero-order valence-electron chi connectivity index (χ0n) is 10.1. The van der Waals surface area contributed by atoms with Gasteiger partial charge in [0.25, 0.3) is 0 Å². The Hall–Kier alpha value is -2.68. The van der Waals surface area contributed by atoms with E-state index in [0.29, 0.717) is 16.4 Å². The van der Waals surface area contributed by atoms with Gasteiger partial charge in [0.15, 0.2) is 6.61 Å². The fourth-order valence-corrected chi connectivity index (χ4v) is 1.72. The van der Waals surface area contributed by atoms with Crippen LogP contribution in [-0.2, 0) is 4.79 Å². The van der Waals surface area contributed by atoms with E-state index in [-0.39, 0.29) is 0 Å². The van der Waals surface area contributed by atoms with Crippen LogP contribution in [0.3, 0.4) is 0 Å². The maximum atomic E-state index is 11.7. The zero-order valence-corrected chi connectivity index (χ0v) is 10.9. The lowest BCUT2D eigenvalue weighted by Gasteiger charge is -2.08. The number of carbonyl (C=O) groups is 2. The van der Waals surface area contributed by atoms with Gasteiger partial charge in [-0.05, 0) is 12.1 Å². The van der Waals surface area contributed by atoms with Crippen LogP contribution in [-0.4, -0.2) is 33.3 Å². The van der Waals surface area contributed by atoms with E-state index in [0.717, 1.165) is 11.5 Å². The Morgan fingerprint density at radius 2 is 2.20 bits per heavy atom. The standard InChI is InChI=1S/C11H10N4O4S/c16-10(17)6-19-8-3-1-2-7(4-8)13-11(18)14-9-5-12-15-20-9/h1-5H,6H2,(H,16,17)(H2,13,14,18). The molecule has 1 aromatic carbocycles. The van der Waals surface area contributed by atoms with Gasteiger partial charge in [0, 0.05) is 23.3 Å². The molecule has 0 aliphatic heterocycles. The van der Waals surface area contributed by atoms with Gasteiger partial charge in [-0.15, -0.1) is 5.10 Å². The van der Waals surface area contributed by atoms with Gasteiger partial charge in [-0.3, -0.25) is 5.32 Å². The molecule has 0 radical (unpaired) electrons. The average molecular weight is 294 g/mol. The number of anilines is 2. The molecular weight excluding hydrogens is 284 g/mol. The minimum atomic E-state index is -1.07. The first kappa shape index (κ1) is 13.7. The van der Waals surface area contributed by atoms with Crippen molar-refractivity contribution in [3.05, 3.63) is 30.5 Å². The first-order valence-electron chi connectivity index (χ1n) is 5.43. The highest BCUT2D eigenvalue weighted by molar-refractivity contribution is 7.10. The number of hydrogen-bond acceptors (Lipinski definition) is 6. The van der Waals surface area contributed by atoms with Gasteiger partial charge in [0.1, 0.15) is 10.8 Å². The summed E-state index contributed by atoms with van der Waals surface area (Å²) in [5.74, 6) is -0.719. The summed E-state index contributed by atoms with van der Waals surface area (Å²) in [6, 6.07) is 5.96. The van der Waals surface area contributed by atoms with E-state index in [1.54, 1.807) is 18.2 Å². The smallest absolute Gasteiger partial charge is 0.341 e. The van der Waals surface area contributed by atoms with Crippen molar-refractivity contribution in [1.29, 1.82) is 0 Å². The molecule has 0 bridgehead atoms. The first-order chi connectivity index (χ1) is 9.63. The molecule has 0 saturated carbocycles. The number of carboxylic acid groups (broad SMARTS) is 1. The summed E-state index contributed by atoms with van der Waals surface area (Å²) in [4.78, 5) is 22.0. The molecule has 8 nitrogen and oxygen atoms in total. The molecule has 1 heterocycles. The van der Waals surface area contributed by atoms with Crippen molar-refractivity contribution in [3.63, 3.8) is 0 Å². The van der Waals surface area contributed by atoms with E-state index >= 15 is 0 Å². The molecular formula is C11H10N4O4S. The lowest BCUT2D eigenvalue weighted by molar-refractivity contribution is -0.139. The second-order valence-electron chi connectivity index (χ2n) is 3.57. The van der Waals surface area contributed by atoms with Gasteiger partial charge in [-0.25, -0.2) is 9.59 Å². The Balaban J connectivity index is 1.93. The third-order valence-electron chi connectivity index (χ3n) is 2.05. The number of nitrogens with zero attached hydrogens (tertiary/aromatic N) is 2. The molecule has 2 aromatic rings. The zero-order chi connectivity index (χ0) is 14.4. The van der Waals surface area contributed by atoms with Crippen molar-refractivity contribution in [1.82, 2.24) is 9.59 Å². The van der Waals surface area contributed by atoms with Gasteiger partial charge in [-0.1, -0.05) is 10.6 Å². The minimum Gasteiger partial charge on any atom is -0.482 e. The topological polar surface area (TPSA) is 113 Å². The molecule has 0 fully saturated rings. The van der Waals surface area contributed by atoms with E-state index in [2.05, 4.69) is 20.2 Å². The maximum absolute atomic E-state index is 11.7. The molecule has 20 heavy (non-hydrogen) atoms. The summed E-state index contributed by atoms with van der Waals surface area (Å²) in [6.07, 6.45) is 1.43. The van der Waals surface area contributed by atoms with E-state index in [9.17, 15) is 9.59 Å². The van der Waals surface area contributed by atoms with Crippen LogP contribution < -0.4 is 15.4 Å². The summed E-state index contributed by atoms with van der Waals surface area (Å²) in [5.41, 5.74) is 0.475. The molecule has 0 unspecified atom stereocenters. The SMILES string of the molecule is O=C(O)COc1cccc(NC(=O)Nc2cnns2)c1. The van der Waals surface area contributed by atoms with Crippen LogP contribution >= 0.6 is 11.5 Å². The molecule has 2 amide bonds. The van der Waals surface area contributed by atoms with E-state index in [1.807, 2.05) is 0 Å². The highest BCUT2D eigenvalue weighted by atomic mass is 32.1. The van der Waals surface area contributed by atoms with E-state index in [4.69, 9.17) is 9.84 Å². The Labute approximate surface area is 117 Å². The quantitative estimate of drug-likeness (QED) is 0.772. The normalized spacial score (nSPS) is 9.80. The maximum Gasteiger partial charge on any atom is 0.341 e. The molecule has 9 heteroatoms. The number of carboxylic acids is 1. The molecule has 2 rings (SSSR count). The molecule has 1 aromatic heterocycles. The lowest BCUT2D eigenvalue weighted by Crippen LogP contribution is -2.18. The van der Waals surface area contributed by atoms with Gasteiger partial charge < -0.3 is 15.2 Å². The summed E-state index contributed by atoms with van der Waals surface area (Å²) in [7, 11) is 0. The molecule has 3 N–H and O–H groups in total. The monoisotopic (exact) mass is 294 g/mol. The number of nitrogens with one attached hydrogen (secondary N) is 2. The average Bonchev–Trinajstić information content (AvgIpc) is 2.89. The summed E-state index contributed by atoms with van der Waals surface area (Å²) in [5, 5.41) is 17.8. The Kier molecular flexibility index (Phi) is 4.45. The number of carbonyl (C=O) groups excluding carboxylic acids is 1. The molecule has 0 atom stereocenters. The van der Waals surface area contributed by atoms with Crippen molar-refractivity contribution in [2.24, 2.45) is 0 Å². The Morgan fingerprint density at radius 1 is 1.35 bits per heavy atom. The van der Waals surface area contributed by atoms with Gasteiger partial charge in [0.2, 0.25) is 0 Å². The third kappa shape index (κ3) is 4.21. The largest absolute Gasteiger partial charge is 0.482 e. The Morgan fingerprint density at radius 3 is 2.90 bits per heavy atom. The number of rotatable bonds is 5. The number of hydrogen-bond donors (Lipinski definition) is 3. The number of amides is 2. The summed E-state index contributed by atoms with van der Waals surface area (Å²) >= 11 is 1.05. The van der Waals surface area contributed by atoms with Crippen LogP contribution in [0.25, 0.3) is 0 Å². The van der Waals surface area contributed by atoms with Gasteiger partial charge >= 0.3 is 12.0 Å². The van der Waals surface area contributed by atoms with Crippen molar-refractivity contribution >= 4 is 34.2 Å². The van der Waals surface area contributed by atoms with Crippen molar-refractivity contribution in [2.75, 3.05) is 17.2 Å². The number of aliphatic carboxylic acids is 1. The number of benzene rings is 1. The van der Waals surface area contributed by atoms with Crippen LogP contribution in [0.5, 0.6) is 5.75 Å². The van der Waals surface area contributed by atoms with Gasteiger partial charge in [-0.2, -0.15) is 0 Å². The highest BCUT2D eigenvalue weighted by Gasteiger charge is 2.06. The molecule has 0 saturated heterocycles. The van der Waals surface area contributed by atoms with Crippen LogP contribution in [0.2, 0.25) is 0 Å². The van der Waals surface area contributed by atoms with Crippen molar-refractivity contribution < 1.29 is 19.4 Å². The summed E-state index contributed by atoms with van der Waals surface area (Å²) < 4.78 is 8.62. The van der Waals surface area contributed by atoms with Crippen LogP contribution in [0.1, 0.15) is 0 Å². The second kappa shape index (κ2) is 6.48. The van der Waals surface area contributed by atoms with E-state index in [1.165, 1.54) is 12.3 Å². The third-order valence-corrected chi connectivity index (χ3v) is 2.63. The first-order valence-corrected chi connectivity index (χ1v) is 6.21. The number of aromatic nitrogens is 2.